The van der Waals surface area contributed by atoms with Gasteiger partial charge in [0.25, 0.3) is 5.91 Å². The molecule has 0 bridgehead atoms. The van der Waals surface area contributed by atoms with E-state index >= 15 is 0 Å². The summed E-state index contributed by atoms with van der Waals surface area (Å²) in [6.45, 7) is 7.87. The van der Waals surface area contributed by atoms with Gasteiger partial charge in [-0.25, -0.2) is 0 Å². The Kier molecular flexibility index (Phi) is 4.56. The Morgan fingerprint density at radius 2 is 2.00 bits per heavy atom. The fourth-order valence-corrected chi connectivity index (χ4v) is 2.91. The lowest BCUT2D eigenvalue weighted by Gasteiger charge is -2.38. The van der Waals surface area contributed by atoms with Crippen molar-refractivity contribution < 1.29 is 9.53 Å². The molecule has 2 heterocycles. The number of hydrogen-bond acceptors (Lipinski definition) is 4. The molecule has 3 rings (SSSR count). The van der Waals surface area contributed by atoms with Crippen molar-refractivity contribution in [3.05, 3.63) is 52.7 Å². The molecule has 1 aromatic carbocycles. The minimum Gasteiger partial charge on any atom is -0.380 e. The van der Waals surface area contributed by atoms with E-state index in [1.807, 2.05) is 32.0 Å². The van der Waals surface area contributed by atoms with Gasteiger partial charge in [-0.15, -0.1) is 0 Å². The monoisotopic (exact) mass is 335 g/mol. The van der Waals surface area contributed by atoms with Crippen LogP contribution in [0.3, 0.4) is 0 Å². The predicted octanol–water partition coefficient (Wildman–Crippen LogP) is 3.00. The number of rotatable bonds is 4. The van der Waals surface area contributed by atoms with Gasteiger partial charge in [-0.3, -0.25) is 9.78 Å². The van der Waals surface area contributed by atoms with Crippen LogP contribution in [0.15, 0.2) is 30.3 Å². The number of benzene rings is 1. The van der Waals surface area contributed by atoms with Crippen molar-refractivity contribution >= 4 is 5.91 Å². The van der Waals surface area contributed by atoms with Gasteiger partial charge in [0.2, 0.25) is 0 Å². The predicted molar refractivity (Wildman–Crippen MR) is 95.1 cm³/mol. The fraction of sp³-hybridized carbons (Fsp3) is 0.350. The van der Waals surface area contributed by atoms with Crippen LogP contribution in [-0.2, 0) is 4.74 Å². The van der Waals surface area contributed by atoms with Gasteiger partial charge in [0, 0.05) is 28.8 Å². The first kappa shape index (κ1) is 17.1. The minimum absolute atomic E-state index is 0.0420. The smallest absolute Gasteiger partial charge is 0.251 e. The molecular weight excluding hydrogens is 314 g/mol. The summed E-state index contributed by atoms with van der Waals surface area (Å²) < 4.78 is 5.20. The maximum Gasteiger partial charge on any atom is 0.251 e. The van der Waals surface area contributed by atoms with Crippen LogP contribution >= 0.6 is 0 Å². The molecule has 1 N–H and O–H groups in total. The van der Waals surface area contributed by atoms with E-state index in [4.69, 9.17) is 4.74 Å². The fourth-order valence-electron chi connectivity index (χ4n) is 2.91. The molecule has 0 unspecified atom stereocenters. The highest BCUT2D eigenvalue weighted by Gasteiger charge is 2.33. The largest absolute Gasteiger partial charge is 0.380 e. The normalized spacial score (nSPS) is 15.1. The number of aryl methyl sites for hydroxylation is 2. The number of nitrogens with zero attached hydrogens (tertiary/aromatic N) is 2. The van der Waals surface area contributed by atoms with Crippen LogP contribution in [0.25, 0.3) is 11.3 Å². The number of pyridine rings is 1. The highest BCUT2D eigenvalue weighted by Crippen LogP contribution is 2.26. The average molecular weight is 335 g/mol. The van der Waals surface area contributed by atoms with Crippen molar-refractivity contribution in [3.63, 3.8) is 0 Å². The van der Waals surface area contributed by atoms with Crippen LogP contribution in [0, 0.1) is 30.6 Å². The number of carbonyl (C=O) groups excluding carboxylic acids is 1. The van der Waals surface area contributed by atoms with Gasteiger partial charge in [-0.1, -0.05) is 19.1 Å². The van der Waals surface area contributed by atoms with Crippen molar-refractivity contribution in [1.82, 2.24) is 10.3 Å². The number of carbonyl (C=O) groups is 1. The first-order valence-electron chi connectivity index (χ1n) is 8.27. The summed E-state index contributed by atoms with van der Waals surface area (Å²) in [5.74, 6) is -0.103. The number of hydrogen-bond donors (Lipinski definition) is 1. The number of amides is 1. The average Bonchev–Trinajstić information content (AvgIpc) is 2.57. The summed E-state index contributed by atoms with van der Waals surface area (Å²) in [4.78, 5) is 16.8. The number of nitrogens with one attached hydrogen (secondary N) is 1. The molecule has 25 heavy (non-hydrogen) atoms. The molecule has 0 saturated carbocycles. The van der Waals surface area contributed by atoms with Gasteiger partial charge >= 0.3 is 0 Å². The Bertz CT molecular complexity index is 846. The molecule has 1 aliphatic heterocycles. The molecule has 5 heteroatoms. The van der Waals surface area contributed by atoms with E-state index in [1.54, 1.807) is 12.1 Å². The van der Waals surface area contributed by atoms with E-state index in [1.165, 1.54) is 0 Å². The molecule has 0 spiro atoms. The van der Waals surface area contributed by atoms with Crippen LogP contribution in [0.5, 0.6) is 0 Å². The van der Waals surface area contributed by atoms with E-state index in [-0.39, 0.29) is 11.3 Å². The molecule has 1 aromatic heterocycles. The van der Waals surface area contributed by atoms with Crippen LogP contribution in [0.4, 0.5) is 0 Å². The molecule has 5 nitrogen and oxygen atoms in total. The number of aromatic nitrogens is 1. The van der Waals surface area contributed by atoms with Gasteiger partial charge in [0.15, 0.2) is 0 Å². The van der Waals surface area contributed by atoms with Crippen molar-refractivity contribution in [3.8, 4) is 17.3 Å². The van der Waals surface area contributed by atoms with E-state index in [0.29, 0.717) is 36.6 Å². The second kappa shape index (κ2) is 6.66. The first-order valence-corrected chi connectivity index (χ1v) is 8.27. The summed E-state index contributed by atoms with van der Waals surface area (Å²) >= 11 is 0. The maximum absolute atomic E-state index is 12.3. The van der Waals surface area contributed by atoms with Gasteiger partial charge < -0.3 is 10.1 Å². The molecule has 0 atom stereocenters. The van der Waals surface area contributed by atoms with Crippen LogP contribution in [0.1, 0.15) is 34.1 Å². The van der Waals surface area contributed by atoms with Gasteiger partial charge in [0.1, 0.15) is 6.07 Å². The highest BCUT2D eigenvalue weighted by molar-refractivity contribution is 5.94. The highest BCUT2D eigenvalue weighted by atomic mass is 16.5. The van der Waals surface area contributed by atoms with Gasteiger partial charge in [-0.2, -0.15) is 5.26 Å². The molecular formula is C20H21N3O2. The zero-order chi connectivity index (χ0) is 18.0. The zero-order valence-corrected chi connectivity index (χ0v) is 14.7. The molecule has 0 radical (unpaired) electrons. The van der Waals surface area contributed by atoms with E-state index in [9.17, 15) is 10.1 Å². The van der Waals surface area contributed by atoms with Crippen LogP contribution in [0.2, 0.25) is 0 Å². The van der Waals surface area contributed by atoms with Gasteiger partial charge in [0.05, 0.1) is 24.5 Å². The Hall–Kier alpha value is -2.71. The lowest BCUT2D eigenvalue weighted by molar-refractivity contribution is -0.0978. The first-order chi connectivity index (χ1) is 11.9. The molecule has 128 valence electrons. The number of ether oxygens (including phenoxy) is 1. The summed E-state index contributed by atoms with van der Waals surface area (Å²) in [5, 5.41) is 12.4. The second-order valence-electron chi connectivity index (χ2n) is 6.98. The van der Waals surface area contributed by atoms with Crippen molar-refractivity contribution in [2.45, 2.75) is 20.8 Å². The maximum atomic E-state index is 12.3. The van der Waals surface area contributed by atoms with Crippen molar-refractivity contribution in [2.24, 2.45) is 5.41 Å². The van der Waals surface area contributed by atoms with E-state index < -0.39 is 0 Å². The summed E-state index contributed by atoms with van der Waals surface area (Å²) in [5.41, 5.74) is 4.47. The third kappa shape index (κ3) is 3.54. The SMILES string of the molecule is Cc1cc(C)c(C#N)c(-c2ccc(C(=O)NCC3(C)COC3)cc2)n1. The molecule has 1 amide bonds. The lowest BCUT2D eigenvalue weighted by Crippen LogP contribution is -2.48. The van der Waals surface area contributed by atoms with Crippen molar-refractivity contribution in [1.29, 1.82) is 5.26 Å². The van der Waals surface area contributed by atoms with Crippen molar-refractivity contribution in [2.75, 3.05) is 19.8 Å². The standard InChI is InChI=1S/C20H21N3O2/c1-13-8-14(2)23-18(17(13)9-21)15-4-6-16(7-5-15)19(24)22-10-20(3)11-25-12-20/h4-8H,10-12H2,1-3H3,(H,22,24). The van der Waals surface area contributed by atoms with Crippen LogP contribution < -0.4 is 5.32 Å². The topological polar surface area (TPSA) is 75.0 Å². The Balaban J connectivity index is 1.79. The number of nitriles is 1. The Morgan fingerprint density at radius 1 is 1.32 bits per heavy atom. The van der Waals surface area contributed by atoms with Gasteiger partial charge in [-0.05, 0) is 37.6 Å². The Labute approximate surface area is 147 Å². The third-order valence-electron chi connectivity index (χ3n) is 4.45. The van der Waals surface area contributed by atoms with Crippen LogP contribution in [-0.4, -0.2) is 30.6 Å². The molecule has 1 aliphatic rings. The molecule has 1 fully saturated rings. The second-order valence-corrected chi connectivity index (χ2v) is 6.98. The summed E-state index contributed by atoms with van der Waals surface area (Å²) in [6.07, 6.45) is 0. The molecule has 2 aromatic rings. The zero-order valence-electron chi connectivity index (χ0n) is 14.7. The quantitative estimate of drug-likeness (QED) is 0.932. The summed E-state index contributed by atoms with van der Waals surface area (Å²) in [7, 11) is 0. The molecule has 0 aliphatic carbocycles. The van der Waals surface area contributed by atoms with E-state index in [0.717, 1.165) is 16.8 Å². The molecule has 1 saturated heterocycles. The minimum atomic E-state index is -0.103. The lowest BCUT2D eigenvalue weighted by atomic mass is 9.88. The third-order valence-corrected chi connectivity index (χ3v) is 4.45. The van der Waals surface area contributed by atoms with E-state index in [2.05, 4.69) is 23.3 Å². The Morgan fingerprint density at radius 3 is 2.56 bits per heavy atom. The summed E-state index contributed by atoms with van der Waals surface area (Å²) in [6, 6.07) is 11.3.